The second kappa shape index (κ2) is 10.4. The van der Waals surface area contributed by atoms with Gasteiger partial charge in [0.15, 0.2) is 5.75 Å². The summed E-state index contributed by atoms with van der Waals surface area (Å²) in [6, 6.07) is 11.4. The van der Waals surface area contributed by atoms with Gasteiger partial charge >= 0.3 is 12.0 Å². The van der Waals surface area contributed by atoms with Crippen LogP contribution in [0.2, 0.25) is 0 Å². The van der Waals surface area contributed by atoms with E-state index in [1.807, 2.05) is 37.3 Å². The number of piperidine rings is 1. The Morgan fingerprint density at radius 1 is 1.02 bits per heavy atom. The molecule has 2 aromatic heterocycles. The molecule has 0 aliphatic carbocycles. The molecular formula is C29H36N8O3. The molecule has 1 fully saturated rings. The molecular weight excluding hydrogens is 508 g/mol. The van der Waals surface area contributed by atoms with Crippen LogP contribution >= 0.6 is 0 Å². The van der Waals surface area contributed by atoms with E-state index in [0.717, 1.165) is 29.4 Å². The van der Waals surface area contributed by atoms with Crippen LogP contribution in [0.3, 0.4) is 0 Å². The summed E-state index contributed by atoms with van der Waals surface area (Å²) in [5.41, 5.74) is 2.98. The standard InChI is InChI=1S/C29H36N8O3/c1-8-13-39-26-31-25(32-27(33-26)40-19-16-28(3,4)36(7)29(5,6)17-19)30-22-14-18(2)15-23(24(22)38)37-34-20-11-9-10-12-21(20)35-37/h8-12,14-15,19,38H,1,13,16-17H2,2-7H3,(H,30,31,32,33). The molecule has 1 aliphatic rings. The Labute approximate surface area is 233 Å². The zero-order valence-electron chi connectivity index (χ0n) is 23.8. The van der Waals surface area contributed by atoms with Crippen LogP contribution in [0.15, 0.2) is 49.1 Å². The second-order valence-electron chi connectivity index (χ2n) is 11.4. The number of aromatic nitrogens is 6. The number of likely N-dealkylation sites (tertiary alicyclic amines) is 1. The molecule has 0 saturated carbocycles. The Balaban J connectivity index is 1.47. The summed E-state index contributed by atoms with van der Waals surface area (Å²) in [6.07, 6.45) is 3.11. The van der Waals surface area contributed by atoms with Crippen molar-refractivity contribution in [3.8, 4) is 23.5 Å². The minimum absolute atomic E-state index is 0.0545. The van der Waals surface area contributed by atoms with Crippen molar-refractivity contribution in [3.05, 3.63) is 54.6 Å². The van der Waals surface area contributed by atoms with Gasteiger partial charge in [0.05, 0.1) is 5.69 Å². The summed E-state index contributed by atoms with van der Waals surface area (Å²) in [7, 11) is 2.15. The van der Waals surface area contributed by atoms with Crippen molar-refractivity contribution in [1.29, 1.82) is 0 Å². The number of benzene rings is 2. The Kier molecular flexibility index (Phi) is 7.09. The Morgan fingerprint density at radius 3 is 2.27 bits per heavy atom. The fourth-order valence-corrected chi connectivity index (χ4v) is 5.25. The lowest BCUT2D eigenvalue weighted by Crippen LogP contribution is -2.60. The molecule has 2 aromatic carbocycles. The molecule has 40 heavy (non-hydrogen) atoms. The Bertz CT molecular complexity index is 1500. The highest BCUT2D eigenvalue weighted by atomic mass is 16.5. The fraction of sp³-hybridized carbons (Fsp3) is 0.414. The summed E-state index contributed by atoms with van der Waals surface area (Å²) in [4.78, 5) is 17.1. The van der Waals surface area contributed by atoms with E-state index >= 15 is 0 Å². The van der Waals surface area contributed by atoms with Gasteiger partial charge in [-0.05, 0) is 71.5 Å². The zero-order valence-corrected chi connectivity index (χ0v) is 23.8. The highest BCUT2D eigenvalue weighted by Gasteiger charge is 2.44. The maximum absolute atomic E-state index is 11.2. The van der Waals surface area contributed by atoms with E-state index in [9.17, 15) is 5.11 Å². The van der Waals surface area contributed by atoms with Gasteiger partial charge in [-0.3, -0.25) is 4.90 Å². The molecule has 4 aromatic rings. The summed E-state index contributed by atoms with van der Waals surface area (Å²) >= 11 is 0. The highest BCUT2D eigenvalue weighted by molar-refractivity contribution is 5.75. The molecule has 1 aliphatic heterocycles. The minimum Gasteiger partial charge on any atom is -0.504 e. The lowest BCUT2D eigenvalue weighted by atomic mass is 9.79. The quantitative estimate of drug-likeness (QED) is 0.232. The largest absolute Gasteiger partial charge is 0.504 e. The minimum atomic E-state index is -0.109. The lowest BCUT2D eigenvalue weighted by molar-refractivity contribution is -0.0579. The van der Waals surface area contributed by atoms with E-state index in [-0.39, 0.29) is 47.5 Å². The van der Waals surface area contributed by atoms with Crippen molar-refractivity contribution in [2.24, 2.45) is 0 Å². The predicted molar refractivity (Wildman–Crippen MR) is 154 cm³/mol. The zero-order chi connectivity index (χ0) is 28.7. The number of hydrogen-bond acceptors (Lipinski definition) is 10. The number of hydrogen-bond donors (Lipinski definition) is 2. The van der Waals surface area contributed by atoms with Crippen LogP contribution in [-0.2, 0) is 0 Å². The molecule has 11 heteroatoms. The molecule has 3 heterocycles. The van der Waals surface area contributed by atoms with E-state index in [1.54, 1.807) is 12.1 Å². The van der Waals surface area contributed by atoms with E-state index in [1.165, 1.54) is 4.80 Å². The molecule has 0 amide bonds. The molecule has 0 atom stereocenters. The number of rotatable bonds is 8. The van der Waals surface area contributed by atoms with Gasteiger partial charge in [0.25, 0.3) is 0 Å². The molecule has 210 valence electrons. The third kappa shape index (κ3) is 5.55. The molecule has 11 nitrogen and oxygen atoms in total. The fourth-order valence-electron chi connectivity index (χ4n) is 5.25. The summed E-state index contributed by atoms with van der Waals surface area (Å²) in [5, 5.41) is 23.4. The average molecular weight is 545 g/mol. The van der Waals surface area contributed by atoms with E-state index in [0.29, 0.717) is 11.4 Å². The number of fused-ring (bicyclic) bond motifs is 1. The monoisotopic (exact) mass is 544 g/mol. The smallest absolute Gasteiger partial charge is 0.324 e. The molecule has 5 rings (SSSR count). The van der Waals surface area contributed by atoms with Gasteiger partial charge in [-0.15, -0.1) is 20.0 Å². The van der Waals surface area contributed by atoms with Gasteiger partial charge in [0, 0.05) is 23.9 Å². The van der Waals surface area contributed by atoms with Crippen molar-refractivity contribution >= 4 is 22.7 Å². The average Bonchev–Trinajstić information content (AvgIpc) is 3.31. The van der Waals surface area contributed by atoms with Gasteiger partial charge in [-0.1, -0.05) is 24.8 Å². The summed E-state index contributed by atoms with van der Waals surface area (Å²) in [5.74, 6) is 0.113. The Morgan fingerprint density at radius 2 is 1.65 bits per heavy atom. The van der Waals surface area contributed by atoms with Crippen molar-refractivity contribution in [2.45, 2.75) is 64.6 Å². The number of ether oxygens (including phenoxy) is 2. The summed E-state index contributed by atoms with van der Waals surface area (Å²) in [6.45, 7) is 14.7. The number of aryl methyl sites for hydroxylation is 1. The van der Waals surface area contributed by atoms with Crippen molar-refractivity contribution in [1.82, 2.24) is 34.8 Å². The molecule has 0 unspecified atom stereocenters. The third-order valence-corrected chi connectivity index (χ3v) is 7.45. The van der Waals surface area contributed by atoms with Crippen LogP contribution in [0, 0.1) is 6.92 Å². The van der Waals surface area contributed by atoms with Crippen molar-refractivity contribution in [2.75, 3.05) is 19.0 Å². The number of phenols is 1. The number of anilines is 2. The summed E-state index contributed by atoms with van der Waals surface area (Å²) < 4.78 is 12.0. The van der Waals surface area contributed by atoms with Crippen LogP contribution in [0.1, 0.15) is 46.1 Å². The van der Waals surface area contributed by atoms with Crippen molar-refractivity contribution in [3.63, 3.8) is 0 Å². The van der Waals surface area contributed by atoms with Crippen LogP contribution < -0.4 is 14.8 Å². The number of phenolic OH excluding ortho intramolecular Hbond substituents is 1. The van der Waals surface area contributed by atoms with Gasteiger partial charge in [0.1, 0.15) is 29.4 Å². The molecule has 0 spiro atoms. The van der Waals surface area contributed by atoms with Crippen molar-refractivity contribution < 1.29 is 14.6 Å². The molecule has 2 N–H and O–H groups in total. The van der Waals surface area contributed by atoms with Gasteiger partial charge < -0.3 is 19.9 Å². The number of aromatic hydroxyl groups is 1. The normalized spacial score (nSPS) is 17.1. The predicted octanol–water partition coefficient (Wildman–Crippen LogP) is 4.96. The first kappa shape index (κ1) is 27.3. The SMILES string of the molecule is C=CCOc1nc(Nc2cc(C)cc(-n3nc4ccccc4n3)c2O)nc(OC2CC(C)(C)N(C)C(C)(C)C2)n1. The number of nitrogens with one attached hydrogen (secondary N) is 1. The van der Waals surface area contributed by atoms with Gasteiger partial charge in [-0.25, -0.2) is 0 Å². The highest BCUT2D eigenvalue weighted by Crippen LogP contribution is 2.39. The van der Waals surface area contributed by atoms with Gasteiger partial charge in [0.2, 0.25) is 5.95 Å². The first-order valence-electron chi connectivity index (χ1n) is 13.3. The van der Waals surface area contributed by atoms with Crippen LogP contribution in [-0.4, -0.2) is 70.8 Å². The van der Waals surface area contributed by atoms with E-state index < -0.39 is 0 Å². The maximum Gasteiger partial charge on any atom is 0.324 e. The molecule has 0 bridgehead atoms. The van der Waals surface area contributed by atoms with Crippen LogP contribution in [0.4, 0.5) is 11.6 Å². The number of nitrogens with zero attached hydrogens (tertiary/aromatic N) is 7. The van der Waals surface area contributed by atoms with Crippen LogP contribution in [0.25, 0.3) is 16.7 Å². The second-order valence-corrected chi connectivity index (χ2v) is 11.4. The maximum atomic E-state index is 11.2. The van der Waals surface area contributed by atoms with E-state index in [2.05, 4.69) is 76.7 Å². The first-order chi connectivity index (χ1) is 18.9. The third-order valence-electron chi connectivity index (χ3n) is 7.45. The van der Waals surface area contributed by atoms with Crippen LogP contribution in [0.5, 0.6) is 17.8 Å². The topological polar surface area (TPSA) is 123 Å². The first-order valence-corrected chi connectivity index (χ1v) is 13.3. The molecule has 1 saturated heterocycles. The molecule has 0 radical (unpaired) electrons. The Hall–Kier alpha value is -4.25. The van der Waals surface area contributed by atoms with E-state index in [4.69, 9.17) is 9.47 Å². The van der Waals surface area contributed by atoms with Gasteiger partial charge in [-0.2, -0.15) is 9.97 Å². The lowest BCUT2D eigenvalue weighted by Gasteiger charge is -2.53.